The zero-order valence-electron chi connectivity index (χ0n) is 10.4. The van der Waals surface area contributed by atoms with Crippen LogP contribution >= 0.6 is 33.9 Å². The molecule has 2 unspecified atom stereocenters. The summed E-state index contributed by atoms with van der Waals surface area (Å²) in [6, 6.07) is 10.2. The maximum Gasteiger partial charge on any atom is 0.122 e. The molecule has 2 aromatic rings. The molecule has 2 heterocycles. The van der Waals surface area contributed by atoms with Crippen molar-refractivity contribution in [2.45, 2.75) is 24.9 Å². The Labute approximate surface area is 130 Å². The van der Waals surface area contributed by atoms with Gasteiger partial charge in [-0.15, -0.1) is 11.3 Å². The van der Waals surface area contributed by atoms with Gasteiger partial charge in [0, 0.05) is 0 Å². The van der Waals surface area contributed by atoms with Crippen molar-refractivity contribution in [1.82, 2.24) is 0 Å². The van der Waals surface area contributed by atoms with E-state index in [9.17, 15) is 5.11 Å². The van der Waals surface area contributed by atoms with E-state index >= 15 is 0 Å². The number of benzene rings is 1. The van der Waals surface area contributed by atoms with Crippen molar-refractivity contribution in [3.8, 4) is 5.75 Å². The van der Waals surface area contributed by atoms with Gasteiger partial charge >= 0.3 is 0 Å². The SMILES string of the molecule is OC(CC1CCOc2ccccc21)c1csc(I)c1. The third kappa shape index (κ3) is 2.95. The van der Waals surface area contributed by atoms with Crippen molar-refractivity contribution in [2.24, 2.45) is 0 Å². The molecule has 0 fully saturated rings. The van der Waals surface area contributed by atoms with Crippen molar-refractivity contribution in [3.05, 3.63) is 49.7 Å². The first-order valence-electron chi connectivity index (χ1n) is 6.38. The second kappa shape index (κ2) is 5.81. The quantitative estimate of drug-likeness (QED) is 0.796. The Bertz CT molecular complexity index is 567. The summed E-state index contributed by atoms with van der Waals surface area (Å²) < 4.78 is 6.89. The van der Waals surface area contributed by atoms with E-state index in [1.54, 1.807) is 11.3 Å². The van der Waals surface area contributed by atoms with Crippen molar-refractivity contribution in [1.29, 1.82) is 0 Å². The van der Waals surface area contributed by atoms with Gasteiger partial charge < -0.3 is 9.84 Å². The number of hydrogen-bond donors (Lipinski definition) is 1. The third-order valence-electron chi connectivity index (χ3n) is 3.56. The summed E-state index contributed by atoms with van der Waals surface area (Å²) in [4.78, 5) is 0. The number of para-hydroxylation sites is 1. The molecule has 0 radical (unpaired) electrons. The van der Waals surface area contributed by atoms with E-state index in [0.717, 1.165) is 30.8 Å². The van der Waals surface area contributed by atoms with E-state index in [0.29, 0.717) is 5.92 Å². The Morgan fingerprint density at radius 3 is 3.05 bits per heavy atom. The zero-order valence-corrected chi connectivity index (χ0v) is 13.4. The maximum absolute atomic E-state index is 10.4. The standard InChI is InChI=1S/C15H15IO2S/c16-15-8-11(9-19-15)13(17)7-10-5-6-18-14-4-2-1-3-12(10)14/h1-4,8-10,13,17H,5-7H2. The minimum Gasteiger partial charge on any atom is -0.493 e. The van der Waals surface area contributed by atoms with Crippen LogP contribution in [0.5, 0.6) is 5.75 Å². The van der Waals surface area contributed by atoms with Crippen molar-refractivity contribution in [3.63, 3.8) is 0 Å². The molecular formula is C15H15IO2S. The van der Waals surface area contributed by atoms with Gasteiger partial charge in [-0.3, -0.25) is 0 Å². The summed E-state index contributed by atoms with van der Waals surface area (Å²) in [6.45, 7) is 0.746. The third-order valence-corrected chi connectivity index (χ3v) is 5.37. The number of rotatable bonds is 3. The van der Waals surface area contributed by atoms with Crippen LogP contribution in [0.4, 0.5) is 0 Å². The minimum absolute atomic E-state index is 0.379. The van der Waals surface area contributed by atoms with E-state index < -0.39 is 0 Å². The summed E-state index contributed by atoms with van der Waals surface area (Å²) in [6.07, 6.45) is 1.37. The molecule has 1 aliphatic rings. The number of aliphatic hydroxyl groups excluding tert-OH is 1. The lowest BCUT2D eigenvalue weighted by molar-refractivity contribution is 0.145. The number of fused-ring (bicyclic) bond motifs is 1. The van der Waals surface area contributed by atoms with Crippen molar-refractivity contribution >= 4 is 33.9 Å². The van der Waals surface area contributed by atoms with Crippen LogP contribution in [-0.2, 0) is 0 Å². The number of halogens is 1. The van der Waals surface area contributed by atoms with Gasteiger partial charge in [0.1, 0.15) is 5.75 Å². The minimum atomic E-state index is -0.379. The molecule has 0 saturated carbocycles. The lowest BCUT2D eigenvalue weighted by Crippen LogP contribution is -2.16. The molecule has 4 heteroatoms. The van der Waals surface area contributed by atoms with Gasteiger partial charge in [-0.05, 0) is 70.0 Å². The molecule has 0 bridgehead atoms. The number of aliphatic hydroxyl groups is 1. The van der Waals surface area contributed by atoms with Crippen molar-refractivity contribution < 1.29 is 9.84 Å². The van der Waals surface area contributed by atoms with E-state index in [-0.39, 0.29) is 6.10 Å². The van der Waals surface area contributed by atoms with Gasteiger partial charge in [-0.1, -0.05) is 18.2 Å². The maximum atomic E-state index is 10.4. The highest BCUT2D eigenvalue weighted by molar-refractivity contribution is 14.1. The monoisotopic (exact) mass is 386 g/mol. The Balaban J connectivity index is 1.77. The van der Waals surface area contributed by atoms with Crippen LogP contribution in [0.1, 0.15) is 36.0 Å². The molecule has 19 heavy (non-hydrogen) atoms. The predicted molar refractivity (Wildman–Crippen MR) is 85.9 cm³/mol. The first kappa shape index (κ1) is 13.4. The Morgan fingerprint density at radius 1 is 1.42 bits per heavy atom. The van der Waals surface area contributed by atoms with Gasteiger partial charge in [0.05, 0.1) is 15.6 Å². The highest BCUT2D eigenvalue weighted by atomic mass is 127. The van der Waals surface area contributed by atoms with Crippen LogP contribution in [0.25, 0.3) is 0 Å². The summed E-state index contributed by atoms with van der Waals surface area (Å²) in [5, 5.41) is 12.4. The number of thiophene rings is 1. The summed E-state index contributed by atoms with van der Waals surface area (Å²) in [7, 11) is 0. The molecule has 1 aromatic heterocycles. The second-order valence-corrected chi connectivity index (χ2v) is 7.61. The Morgan fingerprint density at radius 2 is 2.26 bits per heavy atom. The lowest BCUT2D eigenvalue weighted by Gasteiger charge is -2.27. The van der Waals surface area contributed by atoms with Crippen LogP contribution in [-0.4, -0.2) is 11.7 Å². The summed E-state index contributed by atoms with van der Waals surface area (Å²) in [5.74, 6) is 1.36. The van der Waals surface area contributed by atoms with E-state index in [1.165, 1.54) is 8.45 Å². The van der Waals surface area contributed by atoms with Crippen LogP contribution in [0.15, 0.2) is 35.7 Å². The molecule has 0 amide bonds. The van der Waals surface area contributed by atoms with E-state index in [1.807, 2.05) is 18.2 Å². The predicted octanol–water partition coefficient (Wildman–Crippen LogP) is 4.34. The fourth-order valence-electron chi connectivity index (χ4n) is 2.56. The number of hydrogen-bond acceptors (Lipinski definition) is 3. The van der Waals surface area contributed by atoms with Gasteiger partial charge in [-0.25, -0.2) is 0 Å². The highest BCUT2D eigenvalue weighted by Gasteiger charge is 2.24. The molecule has 0 spiro atoms. The first-order chi connectivity index (χ1) is 9.24. The molecule has 1 aromatic carbocycles. The summed E-state index contributed by atoms with van der Waals surface area (Å²) >= 11 is 3.97. The fourth-order valence-corrected chi connectivity index (χ4v) is 3.98. The normalized spacial score (nSPS) is 19.6. The zero-order chi connectivity index (χ0) is 13.2. The molecule has 1 N–H and O–H groups in total. The van der Waals surface area contributed by atoms with Crippen molar-refractivity contribution in [2.75, 3.05) is 6.61 Å². The Hall–Kier alpha value is -0.590. The molecule has 2 nitrogen and oxygen atoms in total. The average molecular weight is 386 g/mol. The van der Waals surface area contributed by atoms with Crippen LogP contribution in [0, 0.1) is 2.88 Å². The topological polar surface area (TPSA) is 29.5 Å². The smallest absolute Gasteiger partial charge is 0.122 e. The molecule has 1 aliphatic heterocycles. The molecule has 3 rings (SSSR count). The summed E-state index contributed by atoms with van der Waals surface area (Å²) in [5.41, 5.74) is 2.27. The highest BCUT2D eigenvalue weighted by Crippen LogP contribution is 2.39. The second-order valence-electron chi connectivity index (χ2n) is 4.81. The molecule has 100 valence electrons. The Kier molecular flexibility index (Phi) is 4.10. The van der Waals surface area contributed by atoms with E-state index in [4.69, 9.17) is 4.74 Å². The first-order valence-corrected chi connectivity index (χ1v) is 8.33. The van der Waals surface area contributed by atoms with Gasteiger partial charge in [0.15, 0.2) is 0 Å². The van der Waals surface area contributed by atoms with Gasteiger partial charge in [0.25, 0.3) is 0 Å². The van der Waals surface area contributed by atoms with Crippen LogP contribution < -0.4 is 4.74 Å². The van der Waals surface area contributed by atoms with E-state index in [2.05, 4.69) is 40.1 Å². The van der Waals surface area contributed by atoms with Crippen LogP contribution in [0.3, 0.4) is 0 Å². The largest absolute Gasteiger partial charge is 0.493 e. The van der Waals surface area contributed by atoms with Gasteiger partial charge in [0.2, 0.25) is 0 Å². The fraction of sp³-hybridized carbons (Fsp3) is 0.333. The molecule has 0 aliphatic carbocycles. The lowest BCUT2D eigenvalue weighted by atomic mass is 9.87. The molecule has 0 saturated heterocycles. The molecule has 2 atom stereocenters. The van der Waals surface area contributed by atoms with Gasteiger partial charge in [-0.2, -0.15) is 0 Å². The number of ether oxygens (including phenoxy) is 1. The average Bonchev–Trinajstić information content (AvgIpc) is 2.86. The van der Waals surface area contributed by atoms with Crippen LogP contribution in [0.2, 0.25) is 0 Å². The molecular weight excluding hydrogens is 371 g/mol.